The average Bonchev–Trinajstić information content (AvgIpc) is 2.06. The summed E-state index contributed by atoms with van der Waals surface area (Å²) in [4.78, 5) is 1.90. The molecule has 0 aromatic rings. The summed E-state index contributed by atoms with van der Waals surface area (Å²) in [5.74, 6) is 0. The van der Waals surface area contributed by atoms with Crippen LogP contribution < -0.4 is 5.73 Å². The molecule has 4 N–H and O–H groups in total. The van der Waals surface area contributed by atoms with Crippen LogP contribution in [0.3, 0.4) is 0 Å². The number of hydrogen-bond donors (Lipinski definition) is 3. The van der Waals surface area contributed by atoms with Gasteiger partial charge in [0.15, 0.2) is 0 Å². The first-order valence-corrected chi connectivity index (χ1v) is 4.40. The molecular formula is C8H18N2O3. The standard InChI is InChI=1S/C8H18N2O3/c1-10(2)3-6-8(12)7(11)5(9)4-13-6/h5-8,11-12H,3-4,9H2,1-2H3/t5-,6?,7?,8+/m1/s1. The molecule has 1 aliphatic heterocycles. The lowest BCUT2D eigenvalue weighted by molar-refractivity contribution is -0.148. The highest BCUT2D eigenvalue weighted by Gasteiger charge is 2.36. The fourth-order valence-corrected chi connectivity index (χ4v) is 1.43. The number of aliphatic hydroxyl groups is 2. The molecule has 5 heteroatoms. The Morgan fingerprint density at radius 3 is 2.54 bits per heavy atom. The maximum Gasteiger partial charge on any atom is 0.109 e. The van der Waals surface area contributed by atoms with Gasteiger partial charge in [0.1, 0.15) is 6.10 Å². The molecule has 0 radical (unpaired) electrons. The van der Waals surface area contributed by atoms with Gasteiger partial charge in [-0.1, -0.05) is 0 Å². The van der Waals surface area contributed by atoms with Crippen molar-refractivity contribution in [3.63, 3.8) is 0 Å². The third kappa shape index (κ3) is 2.62. The van der Waals surface area contributed by atoms with Gasteiger partial charge in [-0.25, -0.2) is 0 Å². The fraction of sp³-hybridized carbons (Fsp3) is 1.00. The summed E-state index contributed by atoms with van der Waals surface area (Å²) in [7, 11) is 3.77. The molecule has 0 aromatic heterocycles. The molecule has 1 heterocycles. The molecule has 1 rings (SSSR count). The predicted molar refractivity (Wildman–Crippen MR) is 48.3 cm³/mol. The summed E-state index contributed by atoms with van der Waals surface area (Å²) in [5, 5.41) is 19.0. The van der Waals surface area contributed by atoms with Gasteiger partial charge in [0, 0.05) is 6.54 Å². The minimum absolute atomic E-state index is 0.302. The van der Waals surface area contributed by atoms with Gasteiger partial charge in [0.2, 0.25) is 0 Å². The highest BCUT2D eigenvalue weighted by Crippen LogP contribution is 2.14. The van der Waals surface area contributed by atoms with Crippen molar-refractivity contribution >= 4 is 0 Å². The number of ether oxygens (including phenoxy) is 1. The summed E-state index contributed by atoms with van der Waals surface area (Å²) in [6.07, 6.45) is -2.10. The van der Waals surface area contributed by atoms with Crippen molar-refractivity contribution in [3.05, 3.63) is 0 Å². The van der Waals surface area contributed by atoms with Gasteiger partial charge in [0.25, 0.3) is 0 Å². The molecular weight excluding hydrogens is 172 g/mol. The smallest absolute Gasteiger partial charge is 0.109 e. The number of nitrogens with two attached hydrogens (primary N) is 1. The predicted octanol–water partition coefficient (Wildman–Crippen LogP) is -2.00. The molecule has 0 saturated carbocycles. The van der Waals surface area contributed by atoms with E-state index in [1.807, 2.05) is 19.0 Å². The van der Waals surface area contributed by atoms with Crippen LogP contribution in [0, 0.1) is 0 Å². The van der Waals surface area contributed by atoms with Gasteiger partial charge in [-0.3, -0.25) is 0 Å². The van der Waals surface area contributed by atoms with E-state index in [9.17, 15) is 10.2 Å². The summed E-state index contributed by atoms with van der Waals surface area (Å²) in [6.45, 7) is 0.891. The molecule has 4 atom stereocenters. The van der Waals surface area contributed by atoms with Gasteiger partial charge in [-0.2, -0.15) is 0 Å². The molecule has 1 aliphatic rings. The lowest BCUT2D eigenvalue weighted by Crippen LogP contribution is -2.58. The van der Waals surface area contributed by atoms with Crippen LogP contribution in [0.25, 0.3) is 0 Å². The SMILES string of the molecule is CN(C)CC1OC[C@@H](N)C(O)[C@H]1O. The first-order valence-electron chi connectivity index (χ1n) is 4.40. The van der Waals surface area contributed by atoms with Gasteiger partial charge in [-0.15, -0.1) is 0 Å². The number of hydrogen-bond acceptors (Lipinski definition) is 5. The van der Waals surface area contributed by atoms with Crippen LogP contribution in [0.2, 0.25) is 0 Å². The van der Waals surface area contributed by atoms with Crippen molar-refractivity contribution in [1.82, 2.24) is 4.90 Å². The Morgan fingerprint density at radius 2 is 2.00 bits per heavy atom. The Balaban J connectivity index is 2.48. The van der Waals surface area contributed by atoms with Crippen molar-refractivity contribution < 1.29 is 14.9 Å². The topological polar surface area (TPSA) is 79.0 Å². The van der Waals surface area contributed by atoms with E-state index in [0.717, 1.165) is 0 Å². The van der Waals surface area contributed by atoms with Crippen LogP contribution in [0.5, 0.6) is 0 Å². The van der Waals surface area contributed by atoms with Gasteiger partial charge in [0.05, 0.1) is 24.9 Å². The first kappa shape index (κ1) is 10.9. The lowest BCUT2D eigenvalue weighted by atomic mass is 9.98. The monoisotopic (exact) mass is 190 g/mol. The molecule has 0 bridgehead atoms. The number of nitrogens with zero attached hydrogens (tertiary/aromatic N) is 1. The van der Waals surface area contributed by atoms with Gasteiger partial charge < -0.3 is 25.6 Å². The zero-order valence-electron chi connectivity index (χ0n) is 8.05. The van der Waals surface area contributed by atoms with E-state index in [2.05, 4.69) is 0 Å². The summed E-state index contributed by atoms with van der Waals surface area (Å²) < 4.78 is 5.31. The number of likely N-dealkylation sites (N-methyl/N-ethyl adjacent to an activating group) is 1. The Hall–Kier alpha value is -0.200. The van der Waals surface area contributed by atoms with E-state index in [1.165, 1.54) is 0 Å². The molecule has 2 unspecified atom stereocenters. The minimum Gasteiger partial charge on any atom is -0.389 e. The quantitative estimate of drug-likeness (QED) is 0.469. The zero-order chi connectivity index (χ0) is 10.0. The third-order valence-electron chi connectivity index (χ3n) is 2.22. The zero-order valence-corrected chi connectivity index (χ0v) is 8.05. The molecule has 78 valence electrons. The maximum absolute atomic E-state index is 9.58. The maximum atomic E-state index is 9.58. The Kier molecular flexibility index (Phi) is 3.63. The third-order valence-corrected chi connectivity index (χ3v) is 2.22. The van der Waals surface area contributed by atoms with Crippen LogP contribution in [-0.2, 0) is 4.74 Å². The second-order valence-electron chi connectivity index (χ2n) is 3.78. The molecule has 13 heavy (non-hydrogen) atoms. The van der Waals surface area contributed by atoms with Gasteiger partial charge in [-0.05, 0) is 14.1 Å². The van der Waals surface area contributed by atoms with Crippen molar-refractivity contribution in [1.29, 1.82) is 0 Å². The van der Waals surface area contributed by atoms with E-state index in [1.54, 1.807) is 0 Å². The molecule has 5 nitrogen and oxygen atoms in total. The van der Waals surface area contributed by atoms with Crippen LogP contribution in [0.1, 0.15) is 0 Å². The second kappa shape index (κ2) is 4.34. The molecule has 0 spiro atoms. The Labute approximate surface area is 78.1 Å². The molecule has 0 amide bonds. The van der Waals surface area contributed by atoms with E-state index in [0.29, 0.717) is 13.2 Å². The van der Waals surface area contributed by atoms with Crippen molar-refractivity contribution in [2.24, 2.45) is 5.73 Å². The van der Waals surface area contributed by atoms with Crippen molar-refractivity contribution in [3.8, 4) is 0 Å². The molecule has 1 saturated heterocycles. The van der Waals surface area contributed by atoms with Crippen molar-refractivity contribution in [2.45, 2.75) is 24.4 Å². The second-order valence-corrected chi connectivity index (χ2v) is 3.78. The van der Waals surface area contributed by atoms with E-state index < -0.39 is 18.2 Å². The number of aliphatic hydroxyl groups excluding tert-OH is 2. The van der Waals surface area contributed by atoms with Gasteiger partial charge >= 0.3 is 0 Å². The lowest BCUT2D eigenvalue weighted by Gasteiger charge is -2.37. The first-order chi connectivity index (χ1) is 6.02. The average molecular weight is 190 g/mol. The highest BCUT2D eigenvalue weighted by atomic mass is 16.5. The minimum atomic E-state index is -0.883. The Bertz CT molecular complexity index is 165. The highest BCUT2D eigenvalue weighted by molar-refractivity contribution is 4.89. The normalized spacial score (nSPS) is 41.1. The Morgan fingerprint density at radius 1 is 1.38 bits per heavy atom. The molecule has 1 fully saturated rings. The number of rotatable bonds is 2. The molecule has 0 aromatic carbocycles. The fourth-order valence-electron chi connectivity index (χ4n) is 1.43. The largest absolute Gasteiger partial charge is 0.389 e. The van der Waals surface area contributed by atoms with E-state index >= 15 is 0 Å². The van der Waals surface area contributed by atoms with E-state index in [-0.39, 0.29) is 6.10 Å². The summed E-state index contributed by atoms with van der Waals surface area (Å²) in [5.41, 5.74) is 5.51. The van der Waals surface area contributed by atoms with E-state index in [4.69, 9.17) is 10.5 Å². The van der Waals surface area contributed by atoms with Crippen LogP contribution in [0.15, 0.2) is 0 Å². The summed E-state index contributed by atoms with van der Waals surface area (Å²) >= 11 is 0. The van der Waals surface area contributed by atoms with Crippen LogP contribution in [-0.4, -0.2) is 66.7 Å². The molecule has 0 aliphatic carbocycles. The van der Waals surface area contributed by atoms with Crippen LogP contribution >= 0.6 is 0 Å². The van der Waals surface area contributed by atoms with Crippen molar-refractivity contribution in [2.75, 3.05) is 27.2 Å². The summed E-state index contributed by atoms with van der Waals surface area (Å²) in [6, 6.07) is -0.478. The van der Waals surface area contributed by atoms with Crippen LogP contribution in [0.4, 0.5) is 0 Å².